The Labute approximate surface area is 101 Å². The molecule has 0 fully saturated rings. The minimum Gasteiger partial charge on any atom is -0.323 e. The molecule has 1 heterocycles. The van der Waals surface area contributed by atoms with E-state index in [9.17, 15) is 13.6 Å². The number of rotatable bonds is 3. The molecule has 1 aromatic heterocycles. The van der Waals surface area contributed by atoms with Crippen LogP contribution in [0.3, 0.4) is 0 Å². The van der Waals surface area contributed by atoms with E-state index < -0.39 is 11.6 Å². The number of hydrogen-bond donors (Lipinski definition) is 1. The van der Waals surface area contributed by atoms with Crippen molar-refractivity contribution in [2.75, 3.05) is 5.32 Å². The Morgan fingerprint density at radius 3 is 2.76 bits per heavy atom. The molecule has 5 heteroatoms. The molecule has 1 N–H and O–H groups in total. The van der Waals surface area contributed by atoms with Crippen molar-refractivity contribution in [2.45, 2.75) is 6.42 Å². The highest BCUT2D eigenvalue weighted by Gasteiger charge is 2.11. The molecule has 17 heavy (non-hydrogen) atoms. The Morgan fingerprint density at radius 2 is 2.06 bits per heavy atom. The second kappa shape index (κ2) is 5.05. The van der Waals surface area contributed by atoms with Crippen LogP contribution >= 0.6 is 11.3 Å². The van der Waals surface area contributed by atoms with E-state index in [0.717, 1.165) is 10.9 Å². The van der Waals surface area contributed by atoms with Gasteiger partial charge in [0.25, 0.3) is 0 Å². The van der Waals surface area contributed by atoms with Gasteiger partial charge < -0.3 is 5.32 Å². The number of hydrogen-bond acceptors (Lipinski definition) is 2. The molecular weight excluding hydrogens is 244 g/mol. The summed E-state index contributed by atoms with van der Waals surface area (Å²) in [6.07, 6.45) is 0.160. The highest BCUT2D eigenvalue weighted by Crippen LogP contribution is 2.17. The number of benzene rings is 1. The van der Waals surface area contributed by atoms with E-state index in [0.29, 0.717) is 0 Å². The first-order valence-electron chi connectivity index (χ1n) is 4.93. The van der Waals surface area contributed by atoms with Crippen LogP contribution in [0.5, 0.6) is 0 Å². The quantitative estimate of drug-likeness (QED) is 0.894. The Hall–Kier alpha value is -1.75. The summed E-state index contributed by atoms with van der Waals surface area (Å²) in [5.41, 5.74) is -0.133. The zero-order valence-electron chi connectivity index (χ0n) is 8.74. The lowest BCUT2D eigenvalue weighted by Crippen LogP contribution is -2.15. The molecule has 2 nitrogen and oxygen atoms in total. The van der Waals surface area contributed by atoms with E-state index in [4.69, 9.17) is 0 Å². The van der Waals surface area contributed by atoms with Crippen LogP contribution in [0, 0.1) is 11.6 Å². The van der Waals surface area contributed by atoms with E-state index in [1.54, 1.807) is 0 Å². The summed E-state index contributed by atoms with van der Waals surface area (Å²) >= 11 is 1.44. The van der Waals surface area contributed by atoms with Crippen LogP contribution in [0.15, 0.2) is 35.7 Å². The van der Waals surface area contributed by atoms with Gasteiger partial charge in [0.2, 0.25) is 5.91 Å². The maximum absolute atomic E-state index is 13.3. The minimum atomic E-state index is -1.04. The van der Waals surface area contributed by atoms with Gasteiger partial charge in [0.15, 0.2) is 11.6 Å². The summed E-state index contributed by atoms with van der Waals surface area (Å²) in [7, 11) is 0. The van der Waals surface area contributed by atoms with Gasteiger partial charge in [-0.3, -0.25) is 4.79 Å². The van der Waals surface area contributed by atoms with Crippen molar-refractivity contribution in [1.29, 1.82) is 0 Å². The summed E-state index contributed by atoms with van der Waals surface area (Å²) in [5.74, 6) is -2.37. The van der Waals surface area contributed by atoms with Crippen molar-refractivity contribution in [1.82, 2.24) is 0 Å². The van der Waals surface area contributed by atoms with Crippen LogP contribution in [0.2, 0.25) is 0 Å². The Bertz CT molecular complexity index is 525. The predicted octanol–water partition coefficient (Wildman–Crippen LogP) is 3.21. The first-order valence-corrected chi connectivity index (χ1v) is 5.81. The monoisotopic (exact) mass is 253 g/mol. The van der Waals surface area contributed by atoms with Gasteiger partial charge >= 0.3 is 0 Å². The van der Waals surface area contributed by atoms with Crippen molar-refractivity contribution in [3.63, 3.8) is 0 Å². The number of carbonyl (C=O) groups is 1. The molecule has 0 bridgehead atoms. The molecule has 1 amide bonds. The molecule has 88 valence electrons. The van der Waals surface area contributed by atoms with Crippen molar-refractivity contribution in [2.24, 2.45) is 0 Å². The summed E-state index contributed by atoms with van der Waals surface area (Å²) in [6.45, 7) is 0. The molecule has 0 aliphatic rings. The predicted molar refractivity (Wildman–Crippen MR) is 63.0 cm³/mol. The van der Waals surface area contributed by atoms with Crippen LogP contribution in [0.25, 0.3) is 0 Å². The fourth-order valence-electron chi connectivity index (χ4n) is 1.37. The first kappa shape index (κ1) is 11.7. The van der Waals surface area contributed by atoms with Gasteiger partial charge in [0, 0.05) is 4.88 Å². The highest BCUT2D eigenvalue weighted by molar-refractivity contribution is 7.10. The highest BCUT2D eigenvalue weighted by atomic mass is 32.1. The molecule has 2 rings (SSSR count). The van der Waals surface area contributed by atoms with Crippen LogP contribution < -0.4 is 5.32 Å². The van der Waals surface area contributed by atoms with Gasteiger partial charge in [-0.15, -0.1) is 11.3 Å². The second-order valence-electron chi connectivity index (χ2n) is 3.41. The lowest BCUT2D eigenvalue weighted by molar-refractivity contribution is -0.115. The van der Waals surface area contributed by atoms with Crippen LogP contribution in [-0.2, 0) is 11.2 Å². The fourth-order valence-corrected chi connectivity index (χ4v) is 2.07. The maximum atomic E-state index is 13.3. The van der Waals surface area contributed by atoms with E-state index in [2.05, 4.69) is 5.32 Å². The third-order valence-electron chi connectivity index (χ3n) is 2.14. The van der Waals surface area contributed by atoms with E-state index >= 15 is 0 Å². The Kier molecular flexibility index (Phi) is 3.49. The number of carbonyl (C=O) groups excluding carboxylic acids is 1. The average Bonchev–Trinajstić information content (AvgIpc) is 2.77. The summed E-state index contributed by atoms with van der Waals surface area (Å²) < 4.78 is 26.1. The van der Waals surface area contributed by atoms with Crippen molar-refractivity contribution in [3.05, 3.63) is 52.2 Å². The van der Waals surface area contributed by atoms with Crippen LogP contribution in [0.4, 0.5) is 14.5 Å². The number of anilines is 1. The van der Waals surface area contributed by atoms with E-state index in [1.807, 2.05) is 17.5 Å². The van der Waals surface area contributed by atoms with Gasteiger partial charge in [0.1, 0.15) is 0 Å². The number of amides is 1. The molecule has 0 unspecified atom stereocenters. The van der Waals surface area contributed by atoms with Gasteiger partial charge in [-0.05, 0) is 23.6 Å². The summed E-state index contributed by atoms with van der Waals surface area (Å²) in [6, 6.07) is 7.32. The third-order valence-corrected chi connectivity index (χ3v) is 3.02. The normalized spacial score (nSPS) is 10.2. The topological polar surface area (TPSA) is 29.1 Å². The number of halogens is 2. The van der Waals surface area contributed by atoms with Gasteiger partial charge in [-0.1, -0.05) is 12.1 Å². The minimum absolute atomic E-state index is 0.133. The van der Waals surface area contributed by atoms with E-state index in [1.165, 1.54) is 23.5 Å². The molecule has 0 atom stereocenters. The zero-order chi connectivity index (χ0) is 12.3. The van der Waals surface area contributed by atoms with Gasteiger partial charge in [-0.25, -0.2) is 8.78 Å². The molecule has 0 saturated carbocycles. The molecule has 0 radical (unpaired) electrons. The molecule has 0 spiro atoms. The van der Waals surface area contributed by atoms with Crippen molar-refractivity contribution < 1.29 is 13.6 Å². The second-order valence-corrected chi connectivity index (χ2v) is 4.44. The fraction of sp³-hybridized carbons (Fsp3) is 0.0833. The molecule has 0 aliphatic heterocycles. The van der Waals surface area contributed by atoms with Gasteiger partial charge in [0.05, 0.1) is 12.1 Å². The standard InChI is InChI=1S/C12H9F2NOS/c13-9-4-1-5-10(12(9)14)15-11(16)7-8-3-2-6-17-8/h1-6H,7H2,(H,15,16). The SMILES string of the molecule is O=C(Cc1cccs1)Nc1cccc(F)c1F. The number of nitrogens with one attached hydrogen (secondary N) is 1. The van der Waals surface area contributed by atoms with E-state index in [-0.39, 0.29) is 18.0 Å². The van der Waals surface area contributed by atoms with Crippen molar-refractivity contribution in [3.8, 4) is 0 Å². The molecular formula is C12H9F2NOS. The van der Waals surface area contributed by atoms with Gasteiger partial charge in [-0.2, -0.15) is 0 Å². The summed E-state index contributed by atoms with van der Waals surface area (Å²) in [5, 5.41) is 4.19. The first-order chi connectivity index (χ1) is 8.16. The molecule has 0 aliphatic carbocycles. The average molecular weight is 253 g/mol. The van der Waals surface area contributed by atoms with Crippen molar-refractivity contribution >= 4 is 22.9 Å². The largest absolute Gasteiger partial charge is 0.323 e. The lowest BCUT2D eigenvalue weighted by Gasteiger charge is -2.05. The smallest absolute Gasteiger partial charge is 0.229 e. The third kappa shape index (κ3) is 2.88. The van der Waals surface area contributed by atoms with Crippen LogP contribution in [-0.4, -0.2) is 5.91 Å². The number of thiophene rings is 1. The Morgan fingerprint density at radius 1 is 1.24 bits per heavy atom. The molecule has 2 aromatic rings. The maximum Gasteiger partial charge on any atom is 0.229 e. The summed E-state index contributed by atoms with van der Waals surface area (Å²) in [4.78, 5) is 12.4. The van der Waals surface area contributed by atoms with Crippen LogP contribution in [0.1, 0.15) is 4.88 Å². The Balaban J connectivity index is 2.06. The molecule has 0 saturated heterocycles. The molecule has 1 aromatic carbocycles. The zero-order valence-corrected chi connectivity index (χ0v) is 9.56. The lowest BCUT2D eigenvalue weighted by atomic mass is 10.2.